The van der Waals surface area contributed by atoms with Crippen LogP contribution in [-0.2, 0) is 4.79 Å². The molecule has 94 valence electrons. The van der Waals surface area contributed by atoms with Gasteiger partial charge >= 0.3 is 0 Å². The summed E-state index contributed by atoms with van der Waals surface area (Å²) < 4.78 is 0. The first-order valence-electron chi connectivity index (χ1n) is 7.24. The fourth-order valence-corrected chi connectivity index (χ4v) is 7.89. The predicted octanol–water partition coefficient (Wildman–Crippen LogP) is 3.67. The Bertz CT molecular complexity index is 388. The van der Waals surface area contributed by atoms with Gasteiger partial charge in [-0.05, 0) is 49.4 Å². The highest BCUT2D eigenvalue weighted by Gasteiger charge is 2.69. The van der Waals surface area contributed by atoms with Crippen LogP contribution in [0.5, 0.6) is 0 Å². The first-order valence-corrected chi connectivity index (χ1v) is 8.19. The summed E-state index contributed by atoms with van der Waals surface area (Å²) in [6, 6.07) is 0. The second-order valence-electron chi connectivity index (χ2n) is 7.31. The highest BCUT2D eigenvalue weighted by Crippen LogP contribution is 2.71. The third-order valence-electron chi connectivity index (χ3n) is 6.66. The number of carbonyl (C=O) groups is 1. The summed E-state index contributed by atoms with van der Waals surface area (Å²) in [6.07, 6.45) is 7.63. The molecule has 1 aliphatic heterocycles. The third kappa shape index (κ3) is 1.08. The Hall–Kier alpha value is 0.0200. The molecule has 4 fully saturated rings. The largest absolute Gasteiger partial charge is 0.299 e. The zero-order valence-corrected chi connectivity index (χ0v) is 11.7. The topological polar surface area (TPSA) is 17.1 Å². The quantitative estimate of drug-likeness (QED) is 0.706. The summed E-state index contributed by atoms with van der Waals surface area (Å²) in [5.74, 6) is 2.18. The molecule has 0 amide bonds. The average Bonchev–Trinajstić information content (AvgIpc) is 2.98. The smallest absolute Gasteiger partial charge is 0.140 e. The highest BCUT2D eigenvalue weighted by atomic mass is 32.2. The van der Waals surface area contributed by atoms with Crippen molar-refractivity contribution in [3.05, 3.63) is 0 Å². The number of rotatable bonds is 1. The maximum absolute atomic E-state index is 12.6. The molecule has 1 saturated heterocycles. The van der Waals surface area contributed by atoms with Crippen LogP contribution >= 0.6 is 11.8 Å². The van der Waals surface area contributed by atoms with Crippen LogP contribution in [0, 0.1) is 22.7 Å². The van der Waals surface area contributed by atoms with Crippen LogP contribution in [0.3, 0.4) is 0 Å². The molecule has 1 nitrogen and oxygen atoms in total. The van der Waals surface area contributed by atoms with E-state index in [4.69, 9.17) is 0 Å². The predicted molar refractivity (Wildman–Crippen MR) is 71.1 cm³/mol. The molecule has 0 aromatic carbocycles. The fraction of sp³-hybridized carbons (Fsp3) is 0.933. The van der Waals surface area contributed by atoms with Crippen molar-refractivity contribution < 1.29 is 4.79 Å². The molecule has 0 spiro atoms. The van der Waals surface area contributed by atoms with Gasteiger partial charge in [0.1, 0.15) is 5.78 Å². The molecule has 4 bridgehead atoms. The molecular formula is C15H22OS. The Balaban J connectivity index is 1.78. The lowest BCUT2D eigenvalue weighted by Gasteiger charge is -2.44. The van der Waals surface area contributed by atoms with Crippen molar-refractivity contribution in [2.75, 3.05) is 0 Å². The first kappa shape index (κ1) is 10.9. The monoisotopic (exact) mass is 250 g/mol. The lowest BCUT2D eigenvalue weighted by molar-refractivity contribution is -0.130. The molecule has 4 rings (SSSR count). The number of hydrogen-bond donors (Lipinski definition) is 0. The van der Waals surface area contributed by atoms with Crippen LogP contribution in [0.4, 0.5) is 0 Å². The van der Waals surface area contributed by atoms with Gasteiger partial charge in [0.2, 0.25) is 0 Å². The Morgan fingerprint density at radius 3 is 2.53 bits per heavy atom. The molecule has 4 unspecified atom stereocenters. The van der Waals surface area contributed by atoms with Crippen LogP contribution in [0.1, 0.15) is 52.4 Å². The highest BCUT2D eigenvalue weighted by molar-refractivity contribution is 8.00. The summed E-state index contributed by atoms with van der Waals surface area (Å²) >= 11 is 2.19. The third-order valence-corrected chi connectivity index (χ3v) is 8.56. The van der Waals surface area contributed by atoms with Gasteiger partial charge in [-0.25, -0.2) is 0 Å². The normalized spacial score (nSPS) is 54.8. The molecule has 5 atom stereocenters. The summed E-state index contributed by atoms with van der Waals surface area (Å²) in [6.45, 7) is 4.78. The van der Waals surface area contributed by atoms with E-state index in [0.717, 1.165) is 17.6 Å². The van der Waals surface area contributed by atoms with E-state index in [1.807, 2.05) is 0 Å². The molecule has 3 aliphatic carbocycles. The molecule has 1 heterocycles. The van der Waals surface area contributed by atoms with Crippen molar-refractivity contribution in [1.82, 2.24) is 0 Å². The molecule has 2 heteroatoms. The van der Waals surface area contributed by atoms with Crippen molar-refractivity contribution in [3.8, 4) is 0 Å². The molecule has 0 aromatic heterocycles. The molecule has 17 heavy (non-hydrogen) atoms. The van der Waals surface area contributed by atoms with Crippen LogP contribution in [-0.4, -0.2) is 16.3 Å². The molecule has 3 saturated carbocycles. The second-order valence-corrected chi connectivity index (χ2v) is 8.75. The van der Waals surface area contributed by atoms with Gasteiger partial charge in [-0.3, -0.25) is 4.79 Å². The van der Waals surface area contributed by atoms with Gasteiger partial charge in [0.05, 0.1) is 0 Å². The molecule has 4 aliphatic rings. The van der Waals surface area contributed by atoms with Gasteiger partial charge in [-0.1, -0.05) is 13.8 Å². The zero-order chi connectivity index (χ0) is 11.8. The Morgan fingerprint density at radius 2 is 2.06 bits per heavy atom. The minimum absolute atomic E-state index is 0.0716. The van der Waals surface area contributed by atoms with Gasteiger partial charge < -0.3 is 0 Å². The van der Waals surface area contributed by atoms with Gasteiger partial charge in [0.25, 0.3) is 0 Å². The second kappa shape index (κ2) is 3.12. The maximum atomic E-state index is 12.6. The molecule has 0 radical (unpaired) electrons. The summed E-state index contributed by atoms with van der Waals surface area (Å²) in [5.41, 5.74) is 0.356. The number of thioether (sulfide) groups is 1. The minimum atomic E-state index is 0.0716. The number of carbonyl (C=O) groups excluding carboxylic acids is 1. The Labute approximate surface area is 108 Å². The number of ketones is 1. The van der Waals surface area contributed by atoms with E-state index in [-0.39, 0.29) is 10.8 Å². The van der Waals surface area contributed by atoms with E-state index in [9.17, 15) is 4.79 Å². The van der Waals surface area contributed by atoms with Crippen molar-refractivity contribution in [2.24, 2.45) is 22.7 Å². The van der Waals surface area contributed by atoms with Crippen LogP contribution in [0.25, 0.3) is 0 Å². The first-order chi connectivity index (χ1) is 8.05. The Morgan fingerprint density at radius 1 is 1.24 bits per heavy atom. The standard InChI is InChI=1S/C15H22OS/c1-14(2)10-5-6-15(14,12(16)8-10)13-9-3-4-11(7-9)17-13/h9-11,13H,3-8H2,1-2H3/t9?,10?,11?,13?,15-/m0/s1. The van der Waals surface area contributed by atoms with E-state index in [2.05, 4.69) is 25.6 Å². The minimum Gasteiger partial charge on any atom is -0.299 e. The van der Waals surface area contributed by atoms with Crippen molar-refractivity contribution in [3.63, 3.8) is 0 Å². The zero-order valence-electron chi connectivity index (χ0n) is 10.9. The van der Waals surface area contributed by atoms with Crippen LogP contribution in [0.15, 0.2) is 0 Å². The fourth-order valence-electron chi connectivity index (χ4n) is 5.59. The molecule has 0 aromatic rings. The van der Waals surface area contributed by atoms with Crippen LogP contribution in [0.2, 0.25) is 0 Å². The van der Waals surface area contributed by atoms with Gasteiger partial charge in [0.15, 0.2) is 0 Å². The van der Waals surface area contributed by atoms with E-state index in [1.54, 1.807) is 0 Å². The van der Waals surface area contributed by atoms with E-state index in [1.165, 1.54) is 32.1 Å². The van der Waals surface area contributed by atoms with Crippen LogP contribution < -0.4 is 0 Å². The van der Waals surface area contributed by atoms with Crippen molar-refractivity contribution >= 4 is 17.5 Å². The lowest BCUT2D eigenvalue weighted by atomic mass is 9.64. The summed E-state index contributed by atoms with van der Waals surface area (Å²) in [5, 5.41) is 1.57. The SMILES string of the molecule is CC1(C)C2CC[C@@]1(C1SC3CCC1C3)C(=O)C2. The van der Waals surface area contributed by atoms with Gasteiger partial charge in [-0.15, -0.1) is 0 Å². The van der Waals surface area contributed by atoms with Gasteiger partial charge in [0, 0.05) is 22.3 Å². The van der Waals surface area contributed by atoms with E-state index >= 15 is 0 Å². The van der Waals surface area contributed by atoms with E-state index < -0.39 is 0 Å². The van der Waals surface area contributed by atoms with Crippen molar-refractivity contribution in [2.45, 2.75) is 62.9 Å². The number of Topliss-reactive ketones (excluding diaryl/α,β-unsaturated/α-hetero) is 1. The summed E-state index contributed by atoms with van der Waals surface area (Å²) in [4.78, 5) is 12.6. The lowest BCUT2D eigenvalue weighted by Crippen LogP contribution is -2.47. The van der Waals surface area contributed by atoms with Crippen molar-refractivity contribution in [1.29, 1.82) is 0 Å². The number of hydrogen-bond acceptors (Lipinski definition) is 2. The van der Waals surface area contributed by atoms with Gasteiger partial charge in [-0.2, -0.15) is 11.8 Å². The number of fused-ring (bicyclic) bond motifs is 4. The average molecular weight is 250 g/mol. The Kier molecular flexibility index (Phi) is 2.00. The summed E-state index contributed by atoms with van der Waals surface area (Å²) in [7, 11) is 0. The molecule has 0 N–H and O–H groups in total. The molecular weight excluding hydrogens is 228 g/mol. The van der Waals surface area contributed by atoms with E-state index in [0.29, 0.717) is 17.0 Å². The maximum Gasteiger partial charge on any atom is 0.140 e.